The van der Waals surface area contributed by atoms with Crippen LogP contribution < -0.4 is 10.6 Å². The first-order valence-electron chi connectivity index (χ1n) is 9.44. The largest absolute Gasteiger partial charge is 0.348 e. The lowest BCUT2D eigenvalue weighted by atomic mass is 9.96. The number of aromatic amines is 1. The number of aromatic nitrogens is 5. The Morgan fingerprint density at radius 3 is 2.85 bits per heavy atom. The molecule has 1 fully saturated rings. The van der Waals surface area contributed by atoms with Crippen LogP contribution in [0.1, 0.15) is 54.2 Å². The van der Waals surface area contributed by atoms with E-state index in [0.717, 1.165) is 54.0 Å². The van der Waals surface area contributed by atoms with Gasteiger partial charge in [-0.15, -0.1) is 0 Å². The topological polar surface area (TPSA) is 100 Å². The third-order valence-electron chi connectivity index (χ3n) is 5.12. The van der Waals surface area contributed by atoms with Crippen molar-refractivity contribution < 1.29 is 4.79 Å². The van der Waals surface area contributed by atoms with Crippen LogP contribution in [0.15, 0.2) is 18.6 Å². The van der Waals surface area contributed by atoms with Crippen molar-refractivity contribution in [2.24, 2.45) is 0 Å². The maximum atomic E-state index is 12.9. The van der Waals surface area contributed by atoms with E-state index in [4.69, 9.17) is 0 Å². The number of piperidine rings is 1. The molecule has 3 N–H and O–H groups in total. The number of fused-ring (bicyclic) bond motifs is 1. The van der Waals surface area contributed by atoms with Gasteiger partial charge < -0.3 is 10.6 Å². The second-order valence-corrected chi connectivity index (χ2v) is 7.45. The van der Waals surface area contributed by atoms with Gasteiger partial charge in [0.1, 0.15) is 12.0 Å². The average Bonchev–Trinajstić information content (AvgIpc) is 3.29. The summed E-state index contributed by atoms with van der Waals surface area (Å²) in [6, 6.07) is 2.25. The van der Waals surface area contributed by atoms with Crippen LogP contribution in [-0.4, -0.2) is 49.8 Å². The van der Waals surface area contributed by atoms with Crippen molar-refractivity contribution in [2.45, 2.75) is 45.6 Å². The zero-order valence-corrected chi connectivity index (χ0v) is 15.9. The summed E-state index contributed by atoms with van der Waals surface area (Å²) in [5.74, 6) is 0.0715. The van der Waals surface area contributed by atoms with E-state index in [2.05, 4.69) is 44.8 Å². The number of nitrogens with one attached hydrogen (secondary N) is 3. The Morgan fingerprint density at radius 1 is 1.33 bits per heavy atom. The van der Waals surface area contributed by atoms with Gasteiger partial charge in [-0.05, 0) is 50.4 Å². The van der Waals surface area contributed by atoms with Crippen molar-refractivity contribution in [3.63, 3.8) is 0 Å². The second kappa shape index (κ2) is 7.11. The lowest BCUT2D eigenvalue weighted by molar-refractivity contribution is 0.0923. The summed E-state index contributed by atoms with van der Waals surface area (Å²) >= 11 is 0. The molecule has 4 heterocycles. The van der Waals surface area contributed by atoms with Crippen LogP contribution in [0.3, 0.4) is 0 Å². The van der Waals surface area contributed by atoms with Crippen LogP contribution in [0, 0.1) is 6.92 Å². The third-order valence-corrected chi connectivity index (χ3v) is 5.12. The Kier molecular flexibility index (Phi) is 4.65. The van der Waals surface area contributed by atoms with E-state index in [-0.39, 0.29) is 17.9 Å². The average molecular weight is 367 g/mol. The molecular formula is C19H25N7O. The molecule has 4 rings (SSSR count). The first kappa shape index (κ1) is 17.7. The minimum Gasteiger partial charge on any atom is -0.348 e. The smallest absolute Gasteiger partial charge is 0.269 e. The molecule has 1 amide bonds. The molecule has 0 spiro atoms. The molecule has 1 aliphatic heterocycles. The predicted octanol–water partition coefficient (Wildman–Crippen LogP) is 2.03. The summed E-state index contributed by atoms with van der Waals surface area (Å²) in [5.41, 5.74) is 5.04. The zero-order valence-electron chi connectivity index (χ0n) is 15.9. The molecule has 8 nitrogen and oxygen atoms in total. The van der Waals surface area contributed by atoms with Crippen LogP contribution in [0.2, 0.25) is 0 Å². The molecule has 1 saturated heterocycles. The molecule has 142 valence electrons. The summed E-state index contributed by atoms with van der Waals surface area (Å²) < 4.78 is 1.75. The fraction of sp³-hybridized carbons (Fsp3) is 0.474. The van der Waals surface area contributed by atoms with E-state index in [1.54, 1.807) is 4.52 Å². The molecular weight excluding hydrogens is 342 g/mol. The summed E-state index contributed by atoms with van der Waals surface area (Å²) in [5, 5.41) is 18.2. The van der Waals surface area contributed by atoms with Crippen molar-refractivity contribution in [1.29, 1.82) is 0 Å². The first-order valence-corrected chi connectivity index (χ1v) is 9.44. The van der Waals surface area contributed by atoms with E-state index in [0.29, 0.717) is 5.69 Å². The predicted molar refractivity (Wildman–Crippen MR) is 103 cm³/mol. The third kappa shape index (κ3) is 3.32. The molecule has 0 unspecified atom stereocenters. The molecule has 3 aromatic heterocycles. The summed E-state index contributed by atoms with van der Waals surface area (Å²) in [4.78, 5) is 17.2. The van der Waals surface area contributed by atoms with Gasteiger partial charge in [-0.3, -0.25) is 9.89 Å². The highest BCUT2D eigenvalue weighted by Crippen LogP contribution is 2.31. The summed E-state index contributed by atoms with van der Waals surface area (Å²) in [7, 11) is 0. The molecule has 0 atom stereocenters. The maximum absolute atomic E-state index is 12.9. The van der Waals surface area contributed by atoms with Crippen LogP contribution >= 0.6 is 0 Å². The Morgan fingerprint density at radius 2 is 2.11 bits per heavy atom. The van der Waals surface area contributed by atoms with Crippen molar-refractivity contribution in [3.05, 3.63) is 35.4 Å². The SMILES string of the molecule is Cc1cc(-c2n[nH]c(C(=O)NC3CCNCC3)c2C(C)C)cn2ncnc12. The fourth-order valence-corrected chi connectivity index (χ4v) is 3.75. The van der Waals surface area contributed by atoms with Gasteiger partial charge in [-0.25, -0.2) is 9.50 Å². The summed E-state index contributed by atoms with van der Waals surface area (Å²) in [6.45, 7) is 8.04. The zero-order chi connectivity index (χ0) is 19.0. The number of amides is 1. The standard InChI is InChI=1S/C19H25N7O/c1-11(2)15-16(13-8-12(3)18-21-10-22-26(18)9-13)24-25-17(15)19(27)23-14-4-6-20-7-5-14/h8-11,14,20H,4-7H2,1-3H3,(H,23,27)(H,24,25). The number of carbonyl (C=O) groups excluding carboxylic acids is 1. The van der Waals surface area contributed by atoms with Crippen LogP contribution in [0.25, 0.3) is 16.9 Å². The number of H-pyrrole nitrogens is 1. The van der Waals surface area contributed by atoms with Gasteiger partial charge in [0, 0.05) is 23.4 Å². The van der Waals surface area contributed by atoms with Crippen molar-refractivity contribution in [2.75, 3.05) is 13.1 Å². The Labute approximate surface area is 157 Å². The van der Waals surface area contributed by atoms with E-state index >= 15 is 0 Å². The molecule has 0 bridgehead atoms. The van der Waals surface area contributed by atoms with E-state index in [1.165, 1.54) is 6.33 Å². The lowest BCUT2D eigenvalue weighted by Gasteiger charge is -2.23. The highest BCUT2D eigenvalue weighted by molar-refractivity contribution is 5.96. The van der Waals surface area contributed by atoms with Crippen LogP contribution in [-0.2, 0) is 0 Å². The molecule has 0 aliphatic carbocycles. The molecule has 0 aromatic carbocycles. The van der Waals surface area contributed by atoms with E-state index < -0.39 is 0 Å². The monoisotopic (exact) mass is 367 g/mol. The highest BCUT2D eigenvalue weighted by Gasteiger charge is 2.25. The second-order valence-electron chi connectivity index (χ2n) is 7.45. The minimum atomic E-state index is -0.0806. The Bertz CT molecular complexity index is 966. The summed E-state index contributed by atoms with van der Waals surface area (Å²) in [6.07, 6.45) is 5.35. The van der Waals surface area contributed by atoms with E-state index in [1.807, 2.05) is 19.2 Å². The number of nitrogens with zero attached hydrogens (tertiary/aromatic N) is 4. The van der Waals surface area contributed by atoms with Gasteiger partial charge in [0.25, 0.3) is 5.91 Å². The molecule has 1 aliphatic rings. The van der Waals surface area contributed by atoms with Gasteiger partial charge >= 0.3 is 0 Å². The van der Waals surface area contributed by atoms with Crippen molar-refractivity contribution >= 4 is 11.6 Å². The van der Waals surface area contributed by atoms with Gasteiger partial charge in [-0.2, -0.15) is 10.2 Å². The number of carbonyl (C=O) groups is 1. The van der Waals surface area contributed by atoms with Crippen LogP contribution in [0.4, 0.5) is 0 Å². The number of rotatable bonds is 4. The molecule has 27 heavy (non-hydrogen) atoms. The van der Waals surface area contributed by atoms with Crippen molar-refractivity contribution in [1.82, 2.24) is 35.4 Å². The van der Waals surface area contributed by atoms with E-state index in [9.17, 15) is 4.79 Å². The molecule has 0 radical (unpaired) electrons. The normalized spacial score (nSPS) is 15.6. The van der Waals surface area contributed by atoms with Crippen LogP contribution in [0.5, 0.6) is 0 Å². The van der Waals surface area contributed by atoms with Gasteiger partial charge in [0.05, 0.1) is 5.69 Å². The quantitative estimate of drug-likeness (QED) is 0.655. The number of pyridine rings is 1. The Balaban J connectivity index is 1.70. The number of hydrogen-bond acceptors (Lipinski definition) is 5. The molecule has 8 heteroatoms. The lowest BCUT2D eigenvalue weighted by Crippen LogP contribution is -2.43. The number of aryl methyl sites for hydroxylation is 1. The van der Waals surface area contributed by atoms with Gasteiger partial charge in [-0.1, -0.05) is 13.8 Å². The molecule has 3 aromatic rings. The van der Waals surface area contributed by atoms with Gasteiger partial charge in [0.2, 0.25) is 0 Å². The molecule has 0 saturated carbocycles. The maximum Gasteiger partial charge on any atom is 0.269 e. The van der Waals surface area contributed by atoms with Crippen molar-refractivity contribution in [3.8, 4) is 11.3 Å². The number of hydrogen-bond donors (Lipinski definition) is 3. The highest BCUT2D eigenvalue weighted by atomic mass is 16.2. The first-order chi connectivity index (χ1) is 13.0. The fourth-order valence-electron chi connectivity index (χ4n) is 3.75. The van der Waals surface area contributed by atoms with Gasteiger partial charge in [0.15, 0.2) is 5.65 Å². The minimum absolute atomic E-state index is 0.0806. The Hall–Kier alpha value is -2.74.